The number of aryl methyl sites for hydroxylation is 1. The van der Waals surface area contributed by atoms with Crippen LogP contribution in [0.4, 0.5) is 18.9 Å². The lowest BCUT2D eigenvalue weighted by Crippen LogP contribution is -2.43. The highest BCUT2D eigenvalue weighted by molar-refractivity contribution is 5.83. The Labute approximate surface area is 184 Å². The Bertz CT molecular complexity index is 963. The molecule has 1 aromatic heterocycles. The van der Waals surface area contributed by atoms with E-state index in [1.54, 1.807) is 0 Å². The predicted molar refractivity (Wildman–Crippen MR) is 111 cm³/mol. The van der Waals surface area contributed by atoms with Crippen LogP contribution in [-0.4, -0.2) is 35.0 Å². The number of carbonyl (C=O) groups excluding carboxylic acids is 2. The van der Waals surface area contributed by atoms with Gasteiger partial charge in [0, 0.05) is 18.5 Å². The Morgan fingerprint density at radius 1 is 1.28 bits per heavy atom. The maximum Gasteiger partial charge on any atom is 0.405 e. The van der Waals surface area contributed by atoms with E-state index in [2.05, 4.69) is 10.6 Å². The quantitative estimate of drug-likeness (QED) is 0.599. The molecule has 0 bridgehead atoms. The number of anilines is 1. The van der Waals surface area contributed by atoms with Crippen molar-refractivity contribution in [3.8, 4) is 6.07 Å². The average molecular weight is 452 g/mol. The maximum atomic E-state index is 13.1. The second kappa shape index (κ2) is 9.76. The molecule has 1 amide bonds. The van der Waals surface area contributed by atoms with Gasteiger partial charge in [-0.15, -0.1) is 0 Å². The van der Waals surface area contributed by atoms with E-state index in [-0.39, 0.29) is 29.7 Å². The summed E-state index contributed by atoms with van der Waals surface area (Å²) in [5.74, 6) is -0.477. The van der Waals surface area contributed by atoms with E-state index in [1.165, 1.54) is 19.2 Å². The van der Waals surface area contributed by atoms with Crippen molar-refractivity contribution in [1.82, 2.24) is 9.88 Å². The molecular formula is C22H27F3N4O3. The Hall–Kier alpha value is -2.83. The predicted octanol–water partition coefficient (Wildman–Crippen LogP) is 3.24. The summed E-state index contributed by atoms with van der Waals surface area (Å²) in [5, 5.41) is 14.3. The van der Waals surface area contributed by atoms with Crippen molar-refractivity contribution in [2.75, 3.05) is 11.9 Å². The number of Topliss-reactive ketones (excluding diaryl/α,β-unsaturated/α-hetero) is 1. The third kappa shape index (κ3) is 6.11. The minimum absolute atomic E-state index is 0.0872. The van der Waals surface area contributed by atoms with Crippen LogP contribution in [0.15, 0.2) is 17.1 Å². The second-order valence-electron chi connectivity index (χ2n) is 8.73. The number of nitrogens with one attached hydrogen (secondary N) is 2. The molecule has 2 N–H and O–H groups in total. The molecule has 1 aromatic rings. The molecule has 3 unspecified atom stereocenters. The van der Waals surface area contributed by atoms with Gasteiger partial charge in [0.05, 0.1) is 6.07 Å². The molecular weight excluding hydrogens is 425 g/mol. The van der Waals surface area contributed by atoms with Crippen LogP contribution in [-0.2, 0) is 9.59 Å². The molecule has 7 nitrogen and oxygen atoms in total. The topological polar surface area (TPSA) is 104 Å². The van der Waals surface area contributed by atoms with E-state index >= 15 is 0 Å². The highest BCUT2D eigenvalue weighted by Crippen LogP contribution is 2.37. The number of hydrogen-bond donors (Lipinski definition) is 2. The summed E-state index contributed by atoms with van der Waals surface area (Å²) >= 11 is 0. The third-order valence-corrected chi connectivity index (χ3v) is 6.11. The van der Waals surface area contributed by atoms with Gasteiger partial charge < -0.3 is 15.2 Å². The second-order valence-corrected chi connectivity index (χ2v) is 8.73. The number of nitriles is 1. The zero-order valence-electron chi connectivity index (χ0n) is 17.9. The van der Waals surface area contributed by atoms with Gasteiger partial charge in [0.1, 0.15) is 30.1 Å². The van der Waals surface area contributed by atoms with Crippen molar-refractivity contribution in [3.63, 3.8) is 0 Å². The molecule has 0 aromatic carbocycles. The third-order valence-electron chi connectivity index (χ3n) is 6.11. The van der Waals surface area contributed by atoms with Crippen molar-refractivity contribution >= 4 is 17.4 Å². The summed E-state index contributed by atoms with van der Waals surface area (Å²) in [6.07, 6.45) is 1.23. The minimum atomic E-state index is -4.50. The van der Waals surface area contributed by atoms with Crippen molar-refractivity contribution < 1.29 is 22.8 Å². The van der Waals surface area contributed by atoms with Gasteiger partial charge in [0.2, 0.25) is 5.91 Å². The summed E-state index contributed by atoms with van der Waals surface area (Å²) in [7, 11) is 0. The SMILES string of the molecule is Cc1ccn(C(CC2CC2)C(=O)NC(C#N)CC2CCCC2=O)c(=O)c1NCC(F)(F)F. The number of halogens is 3. The molecule has 0 spiro atoms. The first kappa shape index (κ1) is 23.8. The van der Waals surface area contributed by atoms with Crippen LogP contribution < -0.4 is 16.2 Å². The first-order valence-electron chi connectivity index (χ1n) is 10.8. The lowest BCUT2D eigenvalue weighted by molar-refractivity contribution is -0.126. The number of hydrogen-bond acceptors (Lipinski definition) is 5. The summed E-state index contributed by atoms with van der Waals surface area (Å²) < 4.78 is 39.1. The Kier molecular flexibility index (Phi) is 7.26. The minimum Gasteiger partial charge on any atom is -0.372 e. The summed E-state index contributed by atoms with van der Waals surface area (Å²) in [6.45, 7) is 0.156. The van der Waals surface area contributed by atoms with Crippen LogP contribution in [0.3, 0.4) is 0 Å². The van der Waals surface area contributed by atoms with Crippen LogP contribution >= 0.6 is 0 Å². The zero-order chi connectivity index (χ0) is 23.5. The van der Waals surface area contributed by atoms with Crippen LogP contribution in [0.1, 0.15) is 56.6 Å². The molecule has 2 aliphatic rings. The number of alkyl halides is 3. The van der Waals surface area contributed by atoms with E-state index in [4.69, 9.17) is 0 Å². The van der Waals surface area contributed by atoms with E-state index in [0.717, 1.165) is 23.8 Å². The fraction of sp³-hybridized carbons (Fsp3) is 0.636. The number of amides is 1. The van der Waals surface area contributed by atoms with Crippen LogP contribution in [0.5, 0.6) is 0 Å². The number of aromatic nitrogens is 1. The fourth-order valence-electron chi connectivity index (χ4n) is 4.14. The lowest BCUT2D eigenvalue weighted by atomic mass is 9.97. The first-order chi connectivity index (χ1) is 15.1. The standard InChI is InChI=1S/C22H27F3N4O3/c1-13-7-8-29(21(32)19(13)27-12-22(23,24)25)17(9-14-5-6-14)20(31)28-16(11-26)10-15-3-2-4-18(15)30/h7-8,14-17,27H,2-6,9-10,12H2,1H3,(H,28,31). The molecule has 32 heavy (non-hydrogen) atoms. The molecule has 0 saturated heterocycles. The fourth-order valence-corrected chi connectivity index (χ4v) is 4.14. The van der Waals surface area contributed by atoms with E-state index in [9.17, 15) is 32.8 Å². The molecule has 3 atom stereocenters. The van der Waals surface area contributed by atoms with Crippen LogP contribution in [0.2, 0.25) is 0 Å². The molecule has 10 heteroatoms. The summed E-state index contributed by atoms with van der Waals surface area (Å²) in [6, 6.07) is 1.69. The highest BCUT2D eigenvalue weighted by Gasteiger charge is 2.34. The average Bonchev–Trinajstić information content (AvgIpc) is 3.45. The Balaban J connectivity index is 1.81. The number of nitrogens with zero attached hydrogens (tertiary/aromatic N) is 2. The van der Waals surface area contributed by atoms with Crippen molar-refractivity contribution in [2.45, 2.75) is 70.1 Å². The van der Waals surface area contributed by atoms with Crippen molar-refractivity contribution in [2.24, 2.45) is 11.8 Å². The Morgan fingerprint density at radius 2 is 2.00 bits per heavy atom. The largest absolute Gasteiger partial charge is 0.405 e. The van der Waals surface area contributed by atoms with Gasteiger partial charge in [-0.1, -0.05) is 12.8 Å². The number of rotatable bonds is 9. The normalized spacial score (nSPS) is 20.5. The molecule has 0 radical (unpaired) electrons. The summed E-state index contributed by atoms with van der Waals surface area (Å²) in [4.78, 5) is 38.0. The molecule has 1 heterocycles. The molecule has 174 valence electrons. The number of pyridine rings is 1. The van der Waals surface area contributed by atoms with Gasteiger partial charge in [-0.3, -0.25) is 14.4 Å². The van der Waals surface area contributed by atoms with Gasteiger partial charge in [-0.25, -0.2) is 0 Å². The first-order valence-corrected chi connectivity index (χ1v) is 10.8. The molecule has 2 fully saturated rings. The van der Waals surface area contributed by atoms with Gasteiger partial charge in [-0.05, 0) is 50.2 Å². The Morgan fingerprint density at radius 3 is 2.56 bits per heavy atom. The summed E-state index contributed by atoms with van der Waals surface area (Å²) in [5.41, 5.74) is -0.572. The van der Waals surface area contributed by atoms with Gasteiger partial charge in [0.25, 0.3) is 5.56 Å². The van der Waals surface area contributed by atoms with Gasteiger partial charge in [0.15, 0.2) is 0 Å². The number of ketones is 1. The molecule has 0 aliphatic heterocycles. The van der Waals surface area contributed by atoms with Crippen LogP contribution in [0.25, 0.3) is 0 Å². The van der Waals surface area contributed by atoms with Gasteiger partial charge >= 0.3 is 6.18 Å². The van der Waals surface area contributed by atoms with Crippen molar-refractivity contribution in [3.05, 3.63) is 28.2 Å². The maximum absolute atomic E-state index is 13.1. The molecule has 2 aliphatic carbocycles. The van der Waals surface area contributed by atoms with Crippen molar-refractivity contribution in [1.29, 1.82) is 5.26 Å². The zero-order valence-corrected chi connectivity index (χ0v) is 17.9. The monoisotopic (exact) mass is 452 g/mol. The highest BCUT2D eigenvalue weighted by atomic mass is 19.4. The molecule has 2 saturated carbocycles. The van der Waals surface area contributed by atoms with Gasteiger partial charge in [-0.2, -0.15) is 18.4 Å². The van der Waals surface area contributed by atoms with E-state index < -0.39 is 36.3 Å². The van der Waals surface area contributed by atoms with E-state index in [1.807, 2.05) is 6.07 Å². The smallest absolute Gasteiger partial charge is 0.372 e. The number of carbonyl (C=O) groups is 2. The molecule has 3 rings (SSSR count). The van der Waals surface area contributed by atoms with Crippen LogP contribution in [0, 0.1) is 30.1 Å². The lowest BCUT2D eigenvalue weighted by Gasteiger charge is -2.23. The van der Waals surface area contributed by atoms with E-state index in [0.29, 0.717) is 24.8 Å².